The van der Waals surface area contributed by atoms with E-state index in [1.54, 1.807) is 12.4 Å². The fourth-order valence-electron chi connectivity index (χ4n) is 2.00. The molecule has 0 unspecified atom stereocenters. The number of rotatable bonds is 1. The summed E-state index contributed by atoms with van der Waals surface area (Å²) in [5.41, 5.74) is 6.79. The zero-order valence-corrected chi connectivity index (χ0v) is 7.74. The number of aliphatic hydroxyl groups is 2. The van der Waals surface area contributed by atoms with Crippen LogP contribution in [0.3, 0.4) is 0 Å². The Hall–Kier alpha value is -0.970. The molecule has 4 N–H and O–H groups in total. The lowest BCUT2D eigenvalue weighted by molar-refractivity contribution is 0.0363. The Kier molecular flexibility index (Phi) is 2.50. The fraction of sp³-hybridized carbons (Fsp3) is 0.500. The molecular weight excluding hydrogens is 180 g/mol. The van der Waals surface area contributed by atoms with E-state index >= 15 is 0 Å². The van der Waals surface area contributed by atoms with E-state index in [2.05, 4.69) is 4.98 Å². The van der Waals surface area contributed by atoms with E-state index in [1.165, 1.54) is 0 Å². The maximum Gasteiger partial charge on any atom is 0.0955 e. The molecule has 1 aromatic heterocycles. The molecule has 14 heavy (non-hydrogen) atoms. The van der Waals surface area contributed by atoms with Crippen LogP contribution < -0.4 is 5.73 Å². The number of hydrogen-bond donors (Lipinski definition) is 3. The van der Waals surface area contributed by atoms with Gasteiger partial charge in [-0.1, -0.05) is 6.07 Å². The van der Waals surface area contributed by atoms with Crippen molar-refractivity contribution in [2.45, 2.75) is 30.6 Å². The van der Waals surface area contributed by atoms with E-state index in [4.69, 9.17) is 5.73 Å². The van der Waals surface area contributed by atoms with Gasteiger partial charge in [-0.2, -0.15) is 0 Å². The molecule has 0 spiro atoms. The molecule has 4 nitrogen and oxygen atoms in total. The summed E-state index contributed by atoms with van der Waals surface area (Å²) in [6.07, 6.45) is 2.40. The van der Waals surface area contributed by atoms with E-state index in [-0.39, 0.29) is 5.92 Å². The zero-order chi connectivity index (χ0) is 10.1. The van der Waals surface area contributed by atoms with Gasteiger partial charge in [-0.25, -0.2) is 0 Å². The molecule has 0 saturated heterocycles. The Labute approximate surface area is 82.4 Å². The highest BCUT2D eigenvalue weighted by Gasteiger charge is 2.39. The molecule has 0 aliphatic heterocycles. The van der Waals surface area contributed by atoms with Gasteiger partial charge in [0.15, 0.2) is 0 Å². The predicted molar refractivity (Wildman–Crippen MR) is 51.6 cm³/mol. The van der Waals surface area contributed by atoms with Gasteiger partial charge >= 0.3 is 0 Å². The second kappa shape index (κ2) is 3.65. The maximum absolute atomic E-state index is 9.50. The van der Waals surface area contributed by atoms with Crippen LogP contribution in [-0.2, 0) is 0 Å². The minimum atomic E-state index is -0.819. The highest BCUT2D eigenvalue weighted by Crippen LogP contribution is 2.33. The Balaban J connectivity index is 2.21. The highest BCUT2D eigenvalue weighted by atomic mass is 16.3. The number of hydrogen-bond acceptors (Lipinski definition) is 4. The smallest absolute Gasteiger partial charge is 0.0955 e. The molecule has 0 amide bonds. The Bertz CT molecular complexity index is 304. The van der Waals surface area contributed by atoms with Crippen LogP contribution in [0.1, 0.15) is 17.9 Å². The van der Waals surface area contributed by atoms with Crippen molar-refractivity contribution in [1.29, 1.82) is 0 Å². The van der Waals surface area contributed by atoms with Crippen molar-refractivity contribution in [1.82, 2.24) is 4.98 Å². The first kappa shape index (κ1) is 9.58. The SMILES string of the molecule is N[C@H]1[C@H](O)[C@H](O)C[C@@H]1c1cccnc1. The van der Waals surface area contributed by atoms with Gasteiger partial charge in [-0.3, -0.25) is 4.98 Å². The van der Waals surface area contributed by atoms with Crippen molar-refractivity contribution in [2.75, 3.05) is 0 Å². The van der Waals surface area contributed by atoms with Crippen LogP contribution in [0.4, 0.5) is 0 Å². The van der Waals surface area contributed by atoms with E-state index in [1.807, 2.05) is 12.1 Å². The largest absolute Gasteiger partial charge is 0.390 e. The molecule has 0 bridgehead atoms. The molecule has 1 aliphatic carbocycles. The van der Waals surface area contributed by atoms with Gasteiger partial charge in [0.1, 0.15) is 0 Å². The summed E-state index contributed by atoms with van der Waals surface area (Å²) in [5, 5.41) is 19.0. The first-order valence-electron chi connectivity index (χ1n) is 4.72. The second-order valence-electron chi connectivity index (χ2n) is 3.76. The molecule has 4 atom stereocenters. The summed E-state index contributed by atoms with van der Waals surface area (Å²) < 4.78 is 0. The molecular formula is C10H14N2O2. The lowest BCUT2D eigenvalue weighted by Gasteiger charge is -2.16. The fourth-order valence-corrected chi connectivity index (χ4v) is 2.00. The van der Waals surface area contributed by atoms with Crippen molar-refractivity contribution in [3.05, 3.63) is 30.1 Å². The van der Waals surface area contributed by atoms with Gasteiger partial charge in [-0.05, 0) is 18.1 Å². The Morgan fingerprint density at radius 3 is 2.71 bits per heavy atom. The average molecular weight is 194 g/mol. The van der Waals surface area contributed by atoms with Crippen LogP contribution in [0.2, 0.25) is 0 Å². The van der Waals surface area contributed by atoms with Crippen molar-refractivity contribution < 1.29 is 10.2 Å². The van der Waals surface area contributed by atoms with Gasteiger partial charge in [0, 0.05) is 24.4 Å². The maximum atomic E-state index is 9.50. The lowest BCUT2D eigenvalue weighted by atomic mass is 9.96. The molecule has 1 saturated carbocycles. The van der Waals surface area contributed by atoms with Crippen molar-refractivity contribution in [3.8, 4) is 0 Å². The third-order valence-corrected chi connectivity index (χ3v) is 2.86. The monoisotopic (exact) mass is 194 g/mol. The third-order valence-electron chi connectivity index (χ3n) is 2.86. The van der Waals surface area contributed by atoms with Gasteiger partial charge in [0.05, 0.1) is 12.2 Å². The van der Waals surface area contributed by atoms with Crippen LogP contribution in [0.15, 0.2) is 24.5 Å². The second-order valence-corrected chi connectivity index (χ2v) is 3.76. The summed E-state index contributed by atoms with van der Waals surface area (Å²) in [6, 6.07) is 3.36. The molecule has 2 rings (SSSR count). The third kappa shape index (κ3) is 1.52. The van der Waals surface area contributed by atoms with Crippen molar-refractivity contribution >= 4 is 0 Å². The molecule has 1 heterocycles. The van der Waals surface area contributed by atoms with Gasteiger partial charge in [0.2, 0.25) is 0 Å². The minimum Gasteiger partial charge on any atom is -0.390 e. The van der Waals surface area contributed by atoms with Crippen molar-refractivity contribution in [2.24, 2.45) is 5.73 Å². The summed E-state index contributed by atoms with van der Waals surface area (Å²) in [7, 11) is 0. The number of nitrogens with zero attached hydrogens (tertiary/aromatic N) is 1. The molecule has 1 aromatic rings. The van der Waals surface area contributed by atoms with Crippen LogP contribution in [0.25, 0.3) is 0 Å². The summed E-state index contributed by atoms with van der Waals surface area (Å²) in [4.78, 5) is 3.99. The number of pyridine rings is 1. The zero-order valence-electron chi connectivity index (χ0n) is 7.74. The normalized spacial score (nSPS) is 37.4. The molecule has 0 aromatic carbocycles. The molecule has 0 radical (unpaired) electrons. The standard InChI is InChI=1S/C10H14N2O2/c11-9-7(4-8(13)10(9)14)6-2-1-3-12-5-6/h1-3,5,7-10,13-14H,4,11H2/t7-,8-,9-,10-/m1/s1. The van der Waals surface area contributed by atoms with E-state index in [0.29, 0.717) is 6.42 Å². The summed E-state index contributed by atoms with van der Waals surface area (Å²) in [5.74, 6) is 0.00806. The molecule has 4 heteroatoms. The average Bonchev–Trinajstić information content (AvgIpc) is 2.47. The highest BCUT2D eigenvalue weighted by molar-refractivity contribution is 5.21. The lowest BCUT2D eigenvalue weighted by Crippen LogP contribution is -2.37. The van der Waals surface area contributed by atoms with E-state index in [9.17, 15) is 10.2 Å². The number of aliphatic hydroxyl groups excluding tert-OH is 2. The minimum absolute atomic E-state index is 0.00806. The Morgan fingerprint density at radius 2 is 2.21 bits per heavy atom. The van der Waals surface area contributed by atoms with E-state index < -0.39 is 18.2 Å². The van der Waals surface area contributed by atoms with Gasteiger partial charge in [-0.15, -0.1) is 0 Å². The number of nitrogens with two attached hydrogens (primary N) is 1. The molecule has 76 valence electrons. The van der Waals surface area contributed by atoms with Crippen LogP contribution in [0, 0.1) is 0 Å². The predicted octanol–water partition coefficient (Wildman–Crippen LogP) is -0.382. The van der Waals surface area contributed by atoms with Gasteiger partial charge < -0.3 is 15.9 Å². The molecule has 1 aliphatic rings. The summed E-state index contributed by atoms with van der Waals surface area (Å²) >= 11 is 0. The van der Waals surface area contributed by atoms with Gasteiger partial charge in [0.25, 0.3) is 0 Å². The van der Waals surface area contributed by atoms with Crippen LogP contribution in [-0.4, -0.2) is 33.4 Å². The summed E-state index contributed by atoms with van der Waals surface area (Å²) in [6.45, 7) is 0. The molecule has 1 fully saturated rings. The quantitative estimate of drug-likeness (QED) is 0.569. The van der Waals surface area contributed by atoms with Crippen molar-refractivity contribution in [3.63, 3.8) is 0 Å². The Morgan fingerprint density at radius 1 is 1.43 bits per heavy atom. The first-order valence-corrected chi connectivity index (χ1v) is 4.72. The van der Waals surface area contributed by atoms with E-state index in [0.717, 1.165) is 5.56 Å². The first-order chi connectivity index (χ1) is 6.70. The van der Waals surface area contributed by atoms with Crippen LogP contribution in [0.5, 0.6) is 0 Å². The topological polar surface area (TPSA) is 79.4 Å². The van der Waals surface area contributed by atoms with Crippen LogP contribution >= 0.6 is 0 Å². The number of aromatic nitrogens is 1.